The standard InChI is InChI=1S/C12H20N2OS/c1-9-7-16-11(14-9)6-12(8-13-3)4-5-15-10(12)2/h7,10,13H,4-6,8H2,1-3H3. The number of hydrogen-bond acceptors (Lipinski definition) is 4. The quantitative estimate of drug-likeness (QED) is 0.874. The lowest BCUT2D eigenvalue weighted by molar-refractivity contribution is 0.0639. The van der Waals surface area contributed by atoms with Crippen molar-refractivity contribution >= 4 is 11.3 Å². The van der Waals surface area contributed by atoms with Crippen LogP contribution in [0.4, 0.5) is 0 Å². The van der Waals surface area contributed by atoms with Crippen molar-refractivity contribution in [2.45, 2.75) is 32.8 Å². The first-order valence-electron chi connectivity index (χ1n) is 5.83. The monoisotopic (exact) mass is 240 g/mol. The zero-order valence-electron chi connectivity index (χ0n) is 10.2. The lowest BCUT2D eigenvalue weighted by atomic mass is 9.78. The zero-order chi connectivity index (χ0) is 11.6. The molecule has 0 amide bonds. The third kappa shape index (κ3) is 2.29. The first-order valence-corrected chi connectivity index (χ1v) is 6.71. The van der Waals surface area contributed by atoms with Gasteiger partial charge in [-0.15, -0.1) is 11.3 Å². The molecular formula is C12H20N2OS. The number of nitrogens with one attached hydrogen (secondary N) is 1. The summed E-state index contributed by atoms with van der Waals surface area (Å²) in [5, 5.41) is 6.67. The van der Waals surface area contributed by atoms with Crippen LogP contribution in [-0.4, -0.2) is 31.3 Å². The number of aromatic nitrogens is 1. The van der Waals surface area contributed by atoms with Crippen LogP contribution in [0.3, 0.4) is 0 Å². The van der Waals surface area contributed by atoms with E-state index >= 15 is 0 Å². The van der Waals surface area contributed by atoms with Gasteiger partial charge in [-0.2, -0.15) is 0 Å². The molecule has 2 rings (SSSR count). The minimum absolute atomic E-state index is 0.235. The van der Waals surface area contributed by atoms with Gasteiger partial charge in [0.25, 0.3) is 0 Å². The number of rotatable bonds is 4. The van der Waals surface area contributed by atoms with Gasteiger partial charge in [0, 0.05) is 36.1 Å². The molecule has 16 heavy (non-hydrogen) atoms. The highest BCUT2D eigenvalue weighted by Gasteiger charge is 2.41. The van der Waals surface area contributed by atoms with Crippen molar-refractivity contribution in [3.8, 4) is 0 Å². The van der Waals surface area contributed by atoms with E-state index in [-0.39, 0.29) is 5.41 Å². The Morgan fingerprint density at radius 3 is 3.00 bits per heavy atom. The van der Waals surface area contributed by atoms with E-state index in [4.69, 9.17) is 4.74 Å². The molecule has 1 N–H and O–H groups in total. The normalized spacial score (nSPS) is 29.8. The Balaban J connectivity index is 2.14. The van der Waals surface area contributed by atoms with E-state index in [1.807, 2.05) is 7.05 Å². The van der Waals surface area contributed by atoms with Crippen LogP contribution in [0.25, 0.3) is 0 Å². The van der Waals surface area contributed by atoms with Crippen molar-refractivity contribution in [1.29, 1.82) is 0 Å². The smallest absolute Gasteiger partial charge is 0.0935 e. The van der Waals surface area contributed by atoms with Crippen molar-refractivity contribution in [2.75, 3.05) is 20.2 Å². The SMILES string of the molecule is CNCC1(Cc2nc(C)cs2)CCOC1C. The lowest BCUT2D eigenvalue weighted by Crippen LogP contribution is -2.40. The Kier molecular flexibility index (Phi) is 3.62. The molecule has 2 atom stereocenters. The summed E-state index contributed by atoms with van der Waals surface area (Å²) in [4.78, 5) is 4.57. The number of hydrogen-bond donors (Lipinski definition) is 1. The summed E-state index contributed by atoms with van der Waals surface area (Å²) in [5.74, 6) is 0. The van der Waals surface area contributed by atoms with Crippen molar-refractivity contribution < 1.29 is 4.74 Å². The molecule has 1 aromatic rings. The van der Waals surface area contributed by atoms with E-state index in [0.29, 0.717) is 6.10 Å². The molecule has 3 nitrogen and oxygen atoms in total. The van der Waals surface area contributed by atoms with Crippen molar-refractivity contribution in [2.24, 2.45) is 5.41 Å². The predicted octanol–water partition coefficient (Wildman–Crippen LogP) is 2.01. The molecule has 1 aliphatic heterocycles. The molecular weight excluding hydrogens is 220 g/mol. The Morgan fingerprint density at radius 1 is 1.69 bits per heavy atom. The van der Waals surface area contributed by atoms with Crippen molar-refractivity contribution in [1.82, 2.24) is 10.3 Å². The molecule has 0 bridgehead atoms. The summed E-state index contributed by atoms with van der Waals surface area (Å²) in [6.07, 6.45) is 2.49. The van der Waals surface area contributed by atoms with E-state index in [1.54, 1.807) is 11.3 Å². The molecule has 0 aromatic carbocycles. The van der Waals surface area contributed by atoms with Crippen LogP contribution in [-0.2, 0) is 11.2 Å². The van der Waals surface area contributed by atoms with Crippen LogP contribution in [0.2, 0.25) is 0 Å². The third-order valence-electron chi connectivity index (χ3n) is 3.53. The average molecular weight is 240 g/mol. The van der Waals surface area contributed by atoms with Crippen LogP contribution >= 0.6 is 11.3 Å². The number of aryl methyl sites for hydroxylation is 1. The molecule has 2 unspecified atom stereocenters. The number of nitrogens with zero attached hydrogens (tertiary/aromatic N) is 1. The molecule has 0 aliphatic carbocycles. The van der Waals surface area contributed by atoms with Crippen LogP contribution in [0.15, 0.2) is 5.38 Å². The molecule has 1 saturated heterocycles. The fourth-order valence-electron chi connectivity index (χ4n) is 2.48. The van der Waals surface area contributed by atoms with E-state index in [0.717, 1.165) is 31.7 Å². The largest absolute Gasteiger partial charge is 0.378 e. The molecule has 1 aliphatic rings. The van der Waals surface area contributed by atoms with Crippen molar-refractivity contribution in [3.05, 3.63) is 16.1 Å². The van der Waals surface area contributed by atoms with Gasteiger partial charge < -0.3 is 10.1 Å². The first-order chi connectivity index (χ1) is 7.66. The van der Waals surface area contributed by atoms with E-state index in [9.17, 15) is 0 Å². The summed E-state index contributed by atoms with van der Waals surface area (Å²) in [7, 11) is 2.01. The maximum absolute atomic E-state index is 5.74. The fraction of sp³-hybridized carbons (Fsp3) is 0.750. The van der Waals surface area contributed by atoms with Gasteiger partial charge in [-0.3, -0.25) is 0 Å². The second-order valence-electron chi connectivity index (χ2n) is 4.72. The topological polar surface area (TPSA) is 34.2 Å². The number of ether oxygens (including phenoxy) is 1. The molecule has 2 heterocycles. The van der Waals surface area contributed by atoms with E-state index < -0.39 is 0 Å². The summed E-state index contributed by atoms with van der Waals surface area (Å²) in [6.45, 7) is 6.13. The van der Waals surface area contributed by atoms with Crippen LogP contribution in [0, 0.1) is 12.3 Å². The minimum atomic E-state index is 0.235. The molecule has 0 saturated carbocycles. The molecule has 0 radical (unpaired) electrons. The zero-order valence-corrected chi connectivity index (χ0v) is 11.1. The van der Waals surface area contributed by atoms with Gasteiger partial charge in [0.1, 0.15) is 0 Å². The van der Waals surface area contributed by atoms with Crippen LogP contribution in [0.5, 0.6) is 0 Å². The van der Waals surface area contributed by atoms with Crippen molar-refractivity contribution in [3.63, 3.8) is 0 Å². The molecule has 1 aromatic heterocycles. The Bertz CT molecular complexity index is 353. The maximum atomic E-state index is 5.74. The molecule has 1 fully saturated rings. The summed E-state index contributed by atoms with van der Waals surface area (Å²) in [5.41, 5.74) is 1.37. The van der Waals surface area contributed by atoms with Gasteiger partial charge >= 0.3 is 0 Å². The van der Waals surface area contributed by atoms with Gasteiger partial charge in [0.2, 0.25) is 0 Å². The Labute approximate surface area is 101 Å². The lowest BCUT2D eigenvalue weighted by Gasteiger charge is -2.31. The van der Waals surface area contributed by atoms with E-state index in [1.165, 1.54) is 5.01 Å². The highest BCUT2D eigenvalue weighted by molar-refractivity contribution is 7.09. The second-order valence-corrected chi connectivity index (χ2v) is 5.66. The highest BCUT2D eigenvalue weighted by Crippen LogP contribution is 2.38. The Hall–Kier alpha value is -0.450. The molecule has 4 heteroatoms. The number of thiazole rings is 1. The average Bonchev–Trinajstić information content (AvgIpc) is 2.77. The predicted molar refractivity (Wildman–Crippen MR) is 66.9 cm³/mol. The summed E-state index contributed by atoms with van der Waals surface area (Å²) >= 11 is 1.77. The van der Waals surface area contributed by atoms with Gasteiger partial charge in [-0.25, -0.2) is 4.98 Å². The second kappa shape index (κ2) is 4.82. The molecule has 90 valence electrons. The van der Waals surface area contributed by atoms with E-state index in [2.05, 4.69) is 29.5 Å². The highest BCUT2D eigenvalue weighted by atomic mass is 32.1. The minimum Gasteiger partial charge on any atom is -0.378 e. The third-order valence-corrected chi connectivity index (χ3v) is 4.50. The van der Waals surface area contributed by atoms with Crippen LogP contribution < -0.4 is 5.32 Å². The van der Waals surface area contributed by atoms with Gasteiger partial charge in [-0.1, -0.05) is 0 Å². The summed E-state index contributed by atoms with van der Waals surface area (Å²) in [6, 6.07) is 0. The molecule has 0 spiro atoms. The van der Waals surface area contributed by atoms with Crippen LogP contribution in [0.1, 0.15) is 24.0 Å². The maximum Gasteiger partial charge on any atom is 0.0935 e. The Morgan fingerprint density at radius 2 is 2.50 bits per heavy atom. The van der Waals surface area contributed by atoms with Gasteiger partial charge in [-0.05, 0) is 27.3 Å². The fourth-order valence-corrected chi connectivity index (χ4v) is 3.41. The van der Waals surface area contributed by atoms with Gasteiger partial charge in [0.15, 0.2) is 0 Å². The van der Waals surface area contributed by atoms with Gasteiger partial charge in [0.05, 0.1) is 11.1 Å². The first kappa shape index (κ1) is 12.0. The summed E-state index contributed by atoms with van der Waals surface area (Å²) < 4.78 is 5.74.